The van der Waals surface area contributed by atoms with Gasteiger partial charge in [-0.3, -0.25) is 0 Å². The molecule has 21 heterocycles. The lowest BCUT2D eigenvalue weighted by atomic mass is 9.95. The first-order valence-corrected chi connectivity index (χ1v) is 26.4. The highest BCUT2D eigenvalue weighted by atomic mass is 32.2. The fourth-order valence-electron chi connectivity index (χ4n) is 10.9. The van der Waals surface area contributed by atoms with E-state index < -0.39 is 258 Å². The first-order chi connectivity index (χ1) is 36.0. The number of thioether (sulfide) groups is 2. The van der Waals surface area contributed by atoms with Gasteiger partial charge in [0, 0.05) is 0 Å². The van der Waals surface area contributed by atoms with Crippen molar-refractivity contribution in [2.45, 2.75) is 212 Å². The predicted octanol–water partition coefficient (Wildman–Crippen LogP) is -11.7. The number of hydrogen-bond donors (Lipinski definition) is 17. The molecule has 0 radical (unpaired) electrons. The second kappa shape index (κ2) is 23.7. The zero-order chi connectivity index (χ0) is 53.5. The average molecular weight is 1130 g/mol. The fourth-order valence-corrected chi connectivity index (χ4v) is 13.3. The lowest BCUT2D eigenvalue weighted by Gasteiger charge is -2.49. The van der Waals surface area contributed by atoms with E-state index >= 15 is 0 Å². The van der Waals surface area contributed by atoms with Crippen LogP contribution in [0.15, 0.2) is 0 Å². The molecule has 0 spiro atoms. The maximum absolute atomic E-state index is 11.4. The summed E-state index contributed by atoms with van der Waals surface area (Å²) in [6, 6.07) is 0. The molecule has 17 N–H and O–H groups in total. The zero-order valence-electron chi connectivity index (χ0n) is 39.3. The van der Waals surface area contributed by atoms with Crippen molar-refractivity contribution >= 4 is 23.5 Å². The number of ether oxygens (including phenoxy) is 14. The van der Waals surface area contributed by atoms with Crippen molar-refractivity contribution in [1.82, 2.24) is 0 Å². The number of aliphatic hydroxyl groups is 17. The second-order valence-corrected chi connectivity index (χ2v) is 22.5. The van der Waals surface area contributed by atoms with E-state index in [4.69, 9.17) is 66.3 Å². The van der Waals surface area contributed by atoms with E-state index in [9.17, 15) is 86.8 Å². The molecule has 14 bridgehead atoms. The maximum Gasteiger partial charge on any atom is 0.187 e. The van der Waals surface area contributed by atoms with Gasteiger partial charge in [0.2, 0.25) is 0 Å². The third kappa shape index (κ3) is 10.9. The van der Waals surface area contributed by atoms with Crippen LogP contribution in [0.2, 0.25) is 0 Å². The number of fused-ring (bicyclic) bond motifs is 2. The van der Waals surface area contributed by atoms with Crippen LogP contribution in [0.4, 0.5) is 0 Å². The van der Waals surface area contributed by atoms with E-state index in [2.05, 4.69) is 0 Å². The highest BCUT2D eigenvalue weighted by molar-refractivity contribution is 8.08. The van der Waals surface area contributed by atoms with Gasteiger partial charge in [0.1, 0.15) is 146 Å². The van der Waals surface area contributed by atoms with Gasteiger partial charge in [-0.1, -0.05) is 0 Å². The van der Waals surface area contributed by atoms with E-state index in [0.29, 0.717) is 0 Å². The molecule has 33 heteroatoms. The summed E-state index contributed by atoms with van der Waals surface area (Å²) < 4.78 is 83.0. The Labute approximate surface area is 433 Å². The minimum atomic E-state index is -2.08. The van der Waals surface area contributed by atoms with Crippen LogP contribution in [0.25, 0.3) is 0 Å². The zero-order valence-corrected chi connectivity index (χ0v) is 40.9. The highest BCUT2D eigenvalue weighted by Gasteiger charge is 2.64. The van der Waals surface area contributed by atoms with Gasteiger partial charge in [0.05, 0.1) is 67.2 Å². The minimum Gasteiger partial charge on any atom is -0.394 e. The summed E-state index contributed by atoms with van der Waals surface area (Å²) in [7, 11) is 0. The lowest BCUT2D eigenvalue weighted by Crippen LogP contribution is -2.67. The molecule has 21 fully saturated rings. The van der Waals surface area contributed by atoms with E-state index in [1.807, 2.05) is 0 Å². The molecule has 35 atom stereocenters. The fraction of sp³-hybridized carbons (Fsp3) is 1.00. The molecule has 0 saturated carbocycles. The van der Waals surface area contributed by atoms with Gasteiger partial charge in [-0.05, 0) is 0 Å². The van der Waals surface area contributed by atoms with Crippen LogP contribution < -0.4 is 0 Å². The van der Waals surface area contributed by atoms with Gasteiger partial charge in [-0.25, -0.2) is 0 Å². The Morgan fingerprint density at radius 2 is 0.373 bits per heavy atom. The standard InChI is InChI=1S/C42H66O31S2/c43-1-8-25-15(50)20(55)36(60-8)68-26-9(2-44)63-39(23(58)16(26)51)72-30-13(6-48)66-42(35-32(30)74-35)71-29-12(5-47)62-38(22(57)19(29)54)69-27-10(3-45)64-40(24(59)17(27)52)73-31-14(7-49)65-41(34-33(31)75-34)70-28-11(4-46)61-37(67-25)21(56)18(28)53/h8-59H,1-7H2/t8-,9-,10-,11-,12-,13-,14-,15-,16-,17-,18-,19-,20-,21-,22-,23-,24-,25-,26-,27-,28-,29-,30-,31-,32+,33+,34+,35+,36-,37-,38-,39-,40-,41-,42-/m1/s1. The lowest BCUT2D eigenvalue weighted by molar-refractivity contribution is -0.387. The molecule has 0 amide bonds. The van der Waals surface area contributed by atoms with Gasteiger partial charge >= 0.3 is 0 Å². The van der Waals surface area contributed by atoms with Gasteiger partial charge in [-0.2, -0.15) is 0 Å². The van der Waals surface area contributed by atoms with Crippen LogP contribution in [0, 0.1) is 0 Å². The average Bonchev–Trinajstić information content (AvgIpc) is 4.36. The summed E-state index contributed by atoms with van der Waals surface area (Å²) in [6.45, 7) is -5.88. The normalized spacial score (nSPS) is 57.3. The van der Waals surface area contributed by atoms with Crippen LogP contribution in [0.5, 0.6) is 0 Å². The Morgan fingerprint density at radius 1 is 0.200 bits per heavy atom. The van der Waals surface area contributed by atoms with Crippen molar-refractivity contribution in [3.05, 3.63) is 0 Å². The Hall–Kier alpha value is -0.540. The molecule has 21 rings (SSSR count). The van der Waals surface area contributed by atoms with Crippen molar-refractivity contribution in [2.24, 2.45) is 0 Å². The first kappa shape index (κ1) is 57.7. The van der Waals surface area contributed by atoms with Crippen molar-refractivity contribution in [3.8, 4) is 0 Å². The third-order valence-electron chi connectivity index (χ3n) is 15.2. The van der Waals surface area contributed by atoms with Crippen molar-refractivity contribution in [1.29, 1.82) is 0 Å². The molecule has 0 aromatic carbocycles. The van der Waals surface area contributed by atoms with Gasteiger partial charge in [0.15, 0.2) is 44.0 Å². The third-order valence-corrected chi connectivity index (χ3v) is 17.9. The Bertz CT molecular complexity index is 1870. The Kier molecular flexibility index (Phi) is 18.3. The molecule has 0 aliphatic carbocycles. The van der Waals surface area contributed by atoms with Gasteiger partial charge in [-0.15, -0.1) is 23.5 Å². The van der Waals surface area contributed by atoms with Crippen LogP contribution in [0.1, 0.15) is 0 Å². The predicted molar refractivity (Wildman–Crippen MR) is 235 cm³/mol. The number of rotatable bonds is 7. The SMILES string of the molecule is OC[C@H]1O[C@@H]2O[C@H]3[C@H](O)[C@@H](O)[C@@H](O[C@H]4[C@@H]5S[C@@H]5[C@@H](O[C@H]5[C@H](O)[C@@H](O)[C@@H](O[C@H]6[C@H](O)[C@@H](O)[C@@H](O[C@H]7[C@@H]8S[C@@H]8[C@@H](O[C@H]8[C@H](O)[C@@H](O)[C@@H](O[C@H]1[C@H](O)[C@H]2O)O[C@@H]8CO)O[C@@H]7CO)O[C@@H]6CO)O[C@@H]5CO)O[C@@H]4CO)O[C@@H]3CO. The van der Waals surface area contributed by atoms with Crippen molar-refractivity contribution in [3.63, 3.8) is 0 Å². The van der Waals surface area contributed by atoms with E-state index in [1.165, 1.54) is 23.5 Å². The molecular formula is C42H66O31S2. The maximum atomic E-state index is 11.4. The van der Waals surface area contributed by atoms with Crippen LogP contribution in [-0.2, 0) is 66.3 Å². The Balaban J connectivity index is 0.908. The molecule has 21 aliphatic rings. The topological polar surface area (TPSA) is 473 Å². The molecule has 432 valence electrons. The largest absolute Gasteiger partial charge is 0.394 e. The van der Waals surface area contributed by atoms with E-state index in [1.54, 1.807) is 0 Å². The molecular weight excluding hydrogens is 1060 g/mol. The molecule has 21 aliphatic heterocycles. The quantitative estimate of drug-likeness (QED) is 0.105. The van der Waals surface area contributed by atoms with Crippen molar-refractivity contribution in [2.75, 3.05) is 46.2 Å². The minimum absolute atomic E-state index is 0.573. The summed E-state index contributed by atoms with van der Waals surface area (Å²) in [5.74, 6) is 0. The summed E-state index contributed by atoms with van der Waals surface area (Å²) in [6.07, 6.45) is -51.9. The van der Waals surface area contributed by atoms with Gasteiger partial charge in [0.25, 0.3) is 0 Å². The number of hydrogen-bond acceptors (Lipinski definition) is 33. The van der Waals surface area contributed by atoms with E-state index in [0.717, 1.165) is 0 Å². The molecule has 0 aromatic rings. The monoisotopic (exact) mass is 1130 g/mol. The van der Waals surface area contributed by atoms with Crippen LogP contribution >= 0.6 is 23.5 Å². The summed E-state index contributed by atoms with van der Waals surface area (Å²) >= 11 is 2.42. The summed E-state index contributed by atoms with van der Waals surface area (Å²) in [5.41, 5.74) is 0. The van der Waals surface area contributed by atoms with Gasteiger partial charge < -0.3 is 153 Å². The molecule has 21 saturated heterocycles. The molecule has 75 heavy (non-hydrogen) atoms. The molecule has 31 nitrogen and oxygen atoms in total. The molecule has 0 unspecified atom stereocenters. The number of aliphatic hydroxyl groups excluding tert-OH is 17. The van der Waals surface area contributed by atoms with Crippen LogP contribution in [-0.4, -0.2) is 345 Å². The summed E-state index contributed by atoms with van der Waals surface area (Å²) in [4.78, 5) is 0. The Morgan fingerprint density at radius 3 is 0.587 bits per heavy atom. The first-order valence-electron chi connectivity index (χ1n) is 24.5. The van der Waals surface area contributed by atoms with Crippen LogP contribution in [0.3, 0.4) is 0 Å². The highest BCUT2D eigenvalue weighted by Crippen LogP contribution is 2.55. The smallest absolute Gasteiger partial charge is 0.187 e. The summed E-state index contributed by atoms with van der Waals surface area (Å²) in [5, 5.41) is 184. The van der Waals surface area contributed by atoms with E-state index in [-0.39, 0.29) is 0 Å². The second-order valence-electron chi connectivity index (χ2n) is 19.8. The molecule has 0 aromatic heterocycles. The van der Waals surface area contributed by atoms with Crippen molar-refractivity contribution < 1.29 is 153 Å².